The molecule has 0 aliphatic heterocycles. The van der Waals surface area contributed by atoms with Crippen LogP contribution in [0.15, 0.2) is 24.3 Å². The SMILES string of the molecule is NC[C@@H](F)Cc1ccccc1Cl. The van der Waals surface area contributed by atoms with Crippen LogP contribution in [0.3, 0.4) is 0 Å². The lowest BCUT2D eigenvalue weighted by Gasteiger charge is -2.06. The Bertz CT molecular complexity index is 252. The van der Waals surface area contributed by atoms with Crippen molar-refractivity contribution in [1.29, 1.82) is 0 Å². The van der Waals surface area contributed by atoms with Crippen LogP contribution < -0.4 is 5.73 Å². The van der Waals surface area contributed by atoms with E-state index in [2.05, 4.69) is 0 Å². The van der Waals surface area contributed by atoms with Crippen molar-refractivity contribution in [3.63, 3.8) is 0 Å². The molecule has 0 amide bonds. The van der Waals surface area contributed by atoms with Crippen LogP contribution in [0.1, 0.15) is 5.56 Å². The number of alkyl halides is 1. The third kappa shape index (κ3) is 2.47. The number of benzene rings is 1. The lowest BCUT2D eigenvalue weighted by Crippen LogP contribution is -2.17. The first-order valence-corrected chi connectivity index (χ1v) is 4.19. The van der Waals surface area contributed by atoms with Gasteiger partial charge in [0.2, 0.25) is 0 Å². The van der Waals surface area contributed by atoms with Crippen LogP contribution in [0.4, 0.5) is 4.39 Å². The molecule has 0 saturated carbocycles. The standard InChI is InChI=1S/C9H11ClFN/c10-9-4-2-1-3-7(9)5-8(11)6-12/h1-4,8H,5-6,12H2/t8-/m0/s1. The van der Waals surface area contributed by atoms with Crippen LogP contribution in [0.5, 0.6) is 0 Å². The first-order valence-electron chi connectivity index (χ1n) is 3.81. The topological polar surface area (TPSA) is 26.0 Å². The van der Waals surface area contributed by atoms with Crippen LogP contribution >= 0.6 is 11.6 Å². The average Bonchev–Trinajstić information content (AvgIpc) is 2.09. The molecule has 0 unspecified atom stereocenters. The van der Waals surface area contributed by atoms with Crippen LogP contribution in [0.25, 0.3) is 0 Å². The summed E-state index contributed by atoms with van der Waals surface area (Å²) in [5.41, 5.74) is 5.97. The maximum absolute atomic E-state index is 12.8. The van der Waals surface area contributed by atoms with Gasteiger partial charge in [-0.25, -0.2) is 4.39 Å². The minimum Gasteiger partial charge on any atom is -0.328 e. The first-order chi connectivity index (χ1) is 5.74. The van der Waals surface area contributed by atoms with E-state index >= 15 is 0 Å². The third-order valence-corrected chi connectivity index (χ3v) is 2.02. The number of nitrogens with two attached hydrogens (primary N) is 1. The van der Waals surface area contributed by atoms with Gasteiger partial charge in [0, 0.05) is 18.0 Å². The zero-order valence-corrected chi connectivity index (χ0v) is 7.39. The van der Waals surface area contributed by atoms with E-state index in [4.69, 9.17) is 17.3 Å². The van der Waals surface area contributed by atoms with E-state index < -0.39 is 6.17 Å². The molecule has 3 heteroatoms. The van der Waals surface area contributed by atoms with E-state index in [0.29, 0.717) is 11.4 Å². The molecular formula is C9H11ClFN. The molecule has 1 aromatic carbocycles. The molecule has 0 heterocycles. The maximum Gasteiger partial charge on any atom is 0.116 e. The van der Waals surface area contributed by atoms with Crippen molar-refractivity contribution in [2.75, 3.05) is 6.54 Å². The number of rotatable bonds is 3. The van der Waals surface area contributed by atoms with Crippen LogP contribution in [-0.2, 0) is 6.42 Å². The van der Waals surface area contributed by atoms with Crippen molar-refractivity contribution in [2.45, 2.75) is 12.6 Å². The quantitative estimate of drug-likeness (QED) is 0.772. The second-order valence-electron chi connectivity index (χ2n) is 2.63. The van der Waals surface area contributed by atoms with Gasteiger partial charge in [-0.15, -0.1) is 0 Å². The smallest absolute Gasteiger partial charge is 0.116 e. The molecule has 2 N–H and O–H groups in total. The van der Waals surface area contributed by atoms with E-state index in [0.717, 1.165) is 5.56 Å². The van der Waals surface area contributed by atoms with Crippen molar-refractivity contribution in [1.82, 2.24) is 0 Å². The highest BCUT2D eigenvalue weighted by atomic mass is 35.5. The number of halogens is 2. The molecule has 66 valence electrons. The summed E-state index contributed by atoms with van der Waals surface area (Å²) in [4.78, 5) is 0. The van der Waals surface area contributed by atoms with Gasteiger partial charge in [0.05, 0.1) is 0 Å². The van der Waals surface area contributed by atoms with Gasteiger partial charge < -0.3 is 5.73 Å². The monoisotopic (exact) mass is 187 g/mol. The summed E-state index contributed by atoms with van der Waals surface area (Å²) in [6.45, 7) is 0.0468. The Hall–Kier alpha value is -0.600. The van der Waals surface area contributed by atoms with Gasteiger partial charge >= 0.3 is 0 Å². The van der Waals surface area contributed by atoms with Gasteiger partial charge in [-0.1, -0.05) is 29.8 Å². The van der Waals surface area contributed by atoms with Gasteiger partial charge in [-0.3, -0.25) is 0 Å². The molecule has 0 bridgehead atoms. The van der Waals surface area contributed by atoms with E-state index in [1.165, 1.54) is 0 Å². The van der Waals surface area contributed by atoms with Gasteiger partial charge in [-0.2, -0.15) is 0 Å². The largest absolute Gasteiger partial charge is 0.328 e. The first kappa shape index (κ1) is 9.49. The molecule has 0 saturated heterocycles. The van der Waals surface area contributed by atoms with E-state index in [-0.39, 0.29) is 6.54 Å². The van der Waals surface area contributed by atoms with E-state index in [9.17, 15) is 4.39 Å². The van der Waals surface area contributed by atoms with Crippen LogP contribution in [0.2, 0.25) is 5.02 Å². The van der Waals surface area contributed by atoms with Crippen molar-refractivity contribution in [2.24, 2.45) is 5.73 Å². The van der Waals surface area contributed by atoms with Crippen LogP contribution in [0, 0.1) is 0 Å². The lowest BCUT2D eigenvalue weighted by atomic mass is 10.1. The Balaban J connectivity index is 2.69. The average molecular weight is 188 g/mol. The fourth-order valence-corrected chi connectivity index (χ4v) is 1.20. The maximum atomic E-state index is 12.8. The molecule has 0 radical (unpaired) electrons. The fraction of sp³-hybridized carbons (Fsp3) is 0.333. The zero-order valence-electron chi connectivity index (χ0n) is 6.63. The predicted molar refractivity (Wildman–Crippen MR) is 49.1 cm³/mol. The van der Waals surface area contributed by atoms with Gasteiger partial charge in [0.25, 0.3) is 0 Å². The number of hydrogen-bond acceptors (Lipinski definition) is 1. The molecule has 1 rings (SSSR count). The van der Waals surface area contributed by atoms with Crippen molar-refractivity contribution >= 4 is 11.6 Å². The molecule has 0 aliphatic carbocycles. The Labute approximate surface area is 76.3 Å². The minimum atomic E-state index is -0.995. The minimum absolute atomic E-state index is 0.0468. The summed E-state index contributed by atoms with van der Waals surface area (Å²) in [6.07, 6.45) is -0.694. The normalized spacial score (nSPS) is 12.9. The third-order valence-electron chi connectivity index (χ3n) is 1.65. The molecule has 1 nitrogen and oxygen atoms in total. The summed E-state index contributed by atoms with van der Waals surface area (Å²) in [5.74, 6) is 0. The Morgan fingerprint density at radius 2 is 2.08 bits per heavy atom. The fourth-order valence-electron chi connectivity index (χ4n) is 0.986. The van der Waals surface area contributed by atoms with Crippen LogP contribution in [-0.4, -0.2) is 12.7 Å². The highest BCUT2D eigenvalue weighted by molar-refractivity contribution is 6.31. The van der Waals surface area contributed by atoms with E-state index in [1.807, 2.05) is 18.2 Å². The Kier molecular flexibility index (Phi) is 3.50. The molecule has 0 aliphatic rings. The van der Waals surface area contributed by atoms with Crippen molar-refractivity contribution in [3.05, 3.63) is 34.9 Å². The molecule has 1 aromatic rings. The zero-order chi connectivity index (χ0) is 8.97. The molecular weight excluding hydrogens is 177 g/mol. The predicted octanol–water partition coefficient (Wildman–Crippen LogP) is 2.18. The lowest BCUT2D eigenvalue weighted by molar-refractivity contribution is 0.340. The Morgan fingerprint density at radius 1 is 1.42 bits per heavy atom. The van der Waals surface area contributed by atoms with E-state index in [1.54, 1.807) is 6.07 Å². The molecule has 1 atom stereocenters. The van der Waals surface area contributed by atoms with Crippen molar-refractivity contribution < 1.29 is 4.39 Å². The highest BCUT2D eigenvalue weighted by Crippen LogP contribution is 2.17. The molecule has 0 fully saturated rings. The molecule has 12 heavy (non-hydrogen) atoms. The van der Waals surface area contributed by atoms with Gasteiger partial charge in [-0.05, 0) is 11.6 Å². The summed E-state index contributed by atoms with van der Waals surface area (Å²) < 4.78 is 12.8. The summed E-state index contributed by atoms with van der Waals surface area (Å²) >= 11 is 5.82. The highest BCUT2D eigenvalue weighted by Gasteiger charge is 2.06. The summed E-state index contributed by atoms with van der Waals surface area (Å²) in [7, 11) is 0. The van der Waals surface area contributed by atoms with Gasteiger partial charge in [0.1, 0.15) is 6.17 Å². The summed E-state index contributed by atoms with van der Waals surface area (Å²) in [5, 5.41) is 0.605. The second-order valence-corrected chi connectivity index (χ2v) is 3.04. The van der Waals surface area contributed by atoms with Crippen molar-refractivity contribution in [3.8, 4) is 0 Å². The molecule has 0 spiro atoms. The van der Waals surface area contributed by atoms with Gasteiger partial charge in [0.15, 0.2) is 0 Å². The Morgan fingerprint density at radius 3 is 2.67 bits per heavy atom. The number of hydrogen-bond donors (Lipinski definition) is 1. The second kappa shape index (κ2) is 4.43. The molecule has 0 aromatic heterocycles. The summed E-state index contributed by atoms with van der Waals surface area (Å²) in [6, 6.07) is 7.22.